The maximum absolute atomic E-state index is 6.26. The van der Waals surface area contributed by atoms with E-state index in [-0.39, 0.29) is 6.04 Å². The lowest BCUT2D eigenvalue weighted by atomic mass is 10.0. The molecule has 0 aliphatic carbocycles. The van der Waals surface area contributed by atoms with E-state index in [1.54, 1.807) is 11.8 Å². The zero-order valence-electron chi connectivity index (χ0n) is 12.1. The summed E-state index contributed by atoms with van der Waals surface area (Å²) in [7, 11) is 3.57. The molecule has 0 fully saturated rings. The Kier molecular flexibility index (Phi) is 4.68. The maximum atomic E-state index is 6.26. The Morgan fingerprint density at radius 1 is 1.35 bits per heavy atom. The van der Waals surface area contributed by atoms with Gasteiger partial charge < -0.3 is 10.5 Å². The van der Waals surface area contributed by atoms with Crippen LogP contribution in [0.3, 0.4) is 0 Å². The standard InChI is InChI=1S/C15H20ClN3O/c1-10-15(16)13(19(2)18-10)9-12(17)8-11-6-4-5-7-14(11)20-3/h4-7,12H,8-9,17H2,1-3H3. The van der Waals surface area contributed by atoms with Gasteiger partial charge in [0.05, 0.1) is 23.5 Å². The number of benzene rings is 1. The Balaban J connectivity index is 2.11. The second kappa shape index (κ2) is 6.29. The van der Waals surface area contributed by atoms with Gasteiger partial charge in [0.15, 0.2) is 0 Å². The van der Waals surface area contributed by atoms with Crippen LogP contribution >= 0.6 is 11.6 Å². The van der Waals surface area contributed by atoms with Gasteiger partial charge in [-0.05, 0) is 25.0 Å². The van der Waals surface area contributed by atoms with Gasteiger partial charge in [-0.1, -0.05) is 29.8 Å². The molecule has 0 saturated heterocycles. The lowest BCUT2D eigenvalue weighted by Gasteiger charge is -2.14. The van der Waals surface area contributed by atoms with E-state index in [2.05, 4.69) is 5.10 Å². The van der Waals surface area contributed by atoms with E-state index in [1.807, 2.05) is 38.2 Å². The molecule has 2 rings (SSSR count). The number of hydrogen-bond acceptors (Lipinski definition) is 3. The van der Waals surface area contributed by atoms with Crippen molar-refractivity contribution in [1.82, 2.24) is 9.78 Å². The first-order valence-corrected chi connectivity index (χ1v) is 6.96. The molecule has 1 heterocycles. The molecule has 1 aromatic heterocycles. The molecule has 0 spiro atoms. The number of methoxy groups -OCH3 is 1. The number of nitrogens with zero attached hydrogens (tertiary/aromatic N) is 2. The minimum atomic E-state index is -0.0291. The van der Waals surface area contributed by atoms with Crippen LogP contribution in [0, 0.1) is 6.92 Å². The molecule has 108 valence electrons. The average Bonchev–Trinajstić information content (AvgIpc) is 2.66. The normalized spacial score (nSPS) is 12.4. The van der Waals surface area contributed by atoms with Crippen molar-refractivity contribution in [3.05, 3.63) is 46.2 Å². The number of aromatic nitrogens is 2. The van der Waals surface area contributed by atoms with Gasteiger partial charge in [0.1, 0.15) is 5.75 Å². The largest absolute Gasteiger partial charge is 0.496 e. The predicted molar refractivity (Wildman–Crippen MR) is 81.3 cm³/mol. The first-order chi connectivity index (χ1) is 9.52. The number of halogens is 1. The maximum Gasteiger partial charge on any atom is 0.122 e. The summed E-state index contributed by atoms with van der Waals surface area (Å²) in [6.07, 6.45) is 1.43. The highest BCUT2D eigenvalue weighted by atomic mass is 35.5. The van der Waals surface area contributed by atoms with Crippen molar-refractivity contribution in [2.24, 2.45) is 12.8 Å². The number of ether oxygens (including phenoxy) is 1. The summed E-state index contributed by atoms with van der Waals surface area (Å²) in [5.74, 6) is 0.871. The van der Waals surface area contributed by atoms with Crippen molar-refractivity contribution < 1.29 is 4.74 Å². The summed E-state index contributed by atoms with van der Waals surface area (Å²) in [5.41, 5.74) is 9.18. The van der Waals surface area contributed by atoms with Crippen LogP contribution in [0.4, 0.5) is 0 Å². The van der Waals surface area contributed by atoms with E-state index < -0.39 is 0 Å². The van der Waals surface area contributed by atoms with Gasteiger partial charge in [0.2, 0.25) is 0 Å². The highest BCUT2D eigenvalue weighted by Gasteiger charge is 2.16. The van der Waals surface area contributed by atoms with E-state index in [0.29, 0.717) is 11.4 Å². The molecule has 0 aliphatic heterocycles. The number of hydrogen-bond donors (Lipinski definition) is 1. The third-order valence-electron chi connectivity index (χ3n) is 3.39. The Morgan fingerprint density at radius 3 is 2.65 bits per heavy atom. The minimum Gasteiger partial charge on any atom is -0.496 e. The summed E-state index contributed by atoms with van der Waals surface area (Å²) in [4.78, 5) is 0. The Labute approximate surface area is 124 Å². The lowest BCUT2D eigenvalue weighted by Crippen LogP contribution is -2.27. The topological polar surface area (TPSA) is 53.1 Å². The van der Waals surface area contributed by atoms with E-state index in [4.69, 9.17) is 22.1 Å². The molecule has 5 heteroatoms. The molecule has 0 radical (unpaired) electrons. The number of para-hydroxylation sites is 1. The van der Waals surface area contributed by atoms with E-state index in [1.165, 1.54) is 0 Å². The molecule has 20 heavy (non-hydrogen) atoms. The van der Waals surface area contributed by atoms with Crippen molar-refractivity contribution in [3.8, 4) is 5.75 Å². The summed E-state index contributed by atoms with van der Waals surface area (Å²) in [6.45, 7) is 1.90. The van der Waals surface area contributed by atoms with Gasteiger partial charge in [-0.2, -0.15) is 5.10 Å². The number of rotatable bonds is 5. The quantitative estimate of drug-likeness (QED) is 0.921. The second-order valence-corrected chi connectivity index (χ2v) is 5.33. The predicted octanol–water partition coefficient (Wildman–Crippen LogP) is 2.50. The summed E-state index contributed by atoms with van der Waals surface area (Å²) in [6, 6.07) is 7.90. The lowest BCUT2D eigenvalue weighted by molar-refractivity contribution is 0.407. The third-order valence-corrected chi connectivity index (χ3v) is 3.88. The molecule has 1 aromatic carbocycles. The van der Waals surface area contributed by atoms with Crippen LogP contribution in [0.25, 0.3) is 0 Å². The first-order valence-electron chi connectivity index (χ1n) is 6.58. The van der Waals surface area contributed by atoms with Gasteiger partial charge >= 0.3 is 0 Å². The van der Waals surface area contributed by atoms with Gasteiger partial charge in [-0.25, -0.2) is 0 Å². The highest BCUT2D eigenvalue weighted by Crippen LogP contribution is 2.23. The average molecular weight is 294 g/mol. The Bertz CT molecular complexity index is 595. The zero-order valence-corrected chi connectivity index (χ0v) is 12.8. The van der Waals surface area contributed by atoms with Gasteiger partial charge in [-0.15, -0.1) is 0 Å². The molecule has 1 atom stereocenters. The van der Waals surface area contributed by atoms with Crippen LogP contribution in [0.2, 0.25) is 5.02 Å². The molecule has 0 saturated carbocycles. The SMILES string of the molecule is COc1ccccc1CC(N)Cc1c(Cl)c(C)nn1C. The number of aryl methyl sites for hydroxylation is 2. The van der Waals surface area contributed by atoms with Crippen molar-refractivity contribution in [2.75, 3.05) is 7.11 Å². The van der Waals surface area contributed by atoms with E-state index >= 15 is 0 Å². The fraction of sp³-hybridized carbons (Fsp3) is 0.400. The molecule has 4 nitrogen and oxygen atoms in total. The third kappa shape index (κ3) is 3.14. The molecule has 0 aliphatic rings. The highest BCUT2D eigenvalue weighted by molar-refractivity contribution is 6.31. The minimum absolute atomic E-state index is 0.0291. The van der Waals surface area contributed by atoms with E-state index in [9.17, 15) is 0 Å². The molecular weight excluding hydrogens is 274 g/mol. The summed E-state index contributed by atoms with van der Waals surface area (Å²) < 4.78 is 7.15. The van der Waals surface area contributed by atoms with Crippen LogP contribution < -0.4 is 10.5 Å². The van der Waals surface area contributed by atoms with Crippen molar-refractivity contribution in [2.45, 2.75) is 25.8 Å². The van der Waals surface area contributed by atoms with Crippen LogP contribution in [-0.2, 0) is 19.9 Å². The molecule has 2 N–H and O–H groups in total. The molecule has 2 aromatic rings. The van der Waals surface area contributed by atoms with Gasteiger partial charge in [0, 0.05) is 19.5 Å². The van der Waals surface area contributed by atoms with Crippen LogP contribution in [0.1, 0.15) is 17.0 Å². The first kappa shape index (κ1) is 14.9. The van der Waals surface area contributed by atoms with Crippen LogP contribution in [-0.4, -0.2) is 22.9 Å². The van der Waals surface area contributed by atoms with Gasteiger partial charge in [0.25, 0.3) is 0 Å². The van der Waals surface area contributed by atoms with Crippen LogP contribution in [0.5, 0.6) is 5.75 Å². The Hall–Kier alpha value is -1.52. The molecular formula is C15H20ClN3O. The summed E-state index contributed by atoms with van der Waals surface area (Å²) >= 11 is 6.26. The molecule has 0 bridgehead atoms. The van der Waals surface area contributed by atoms with Crippen molar-refractivity contribution >= 4 is 11.6 Å². The molecule has 1 unspecified atom stereocenters. The second-order valence-electron chi connectivity index (χ2n) is 4.95. The summed E-state index contributed by atoms with van der Waals surface area (Å²) in [5, 5.41) is 5.02. The monoisotopic (exact) mass is 293 g/mol. The van der Waals surface area contributed by atoms with Gasteiger partial charge in [-0.3, -0.25) is 4.68 Å². The smallest absolute Gasteiger partial charge is 0.122 e. The fourth-order valence-corrected chi connectivity index (χ4v) is 2.61. The van der Waals surface area contributed by atoms with Crippen molar-refractivity contribution in [1.29, 1.82) is 0 Å². The molecule has 0 amide bonds. The number of nitrogens with two attached hydrogens (primary N) is 1. The van der Waals surface area contributed by atoms with Crippen LogP contribution in [0.15, 0.2) is 24.3 Å². The fourth-order valence-electron chi connectivity index (χ4n) is 2.38. The van der Waals surface area contributed by atoms with Crippen molar-refractivity contribution in [3.63, 3.8) is 0 Å². The Morgan fingerprint density at radius 2 is 2.05 bits per heavy atom. The van der Waals surface area contributed by atoms with E-state index in [0.717, 1.165) is 29.1 Å². The zero-order chi connectivity index (χ0) is 14.7.